The van der Waals surface area contributed by atoms with E-state index in [-0.39, 0.29) is 5.41 Å². The summed E-state index contributed by atoms with van der Waals surface area (Å²) in [7, 11) is 1.71. The van der Waals surface area contributed by atoms with Crippen molar-refractivity contribution in [1.82, 2.24) is 15.5 Å². The molecule has 1 unspecified atom stereocenters. The van der Waals surface area contributed by atoms with Gasteiger partial charge in [0.05, 0.1) is 12.0 Å². The van der Waals surface area contributed by atoms with Gasteiger partial charge >= 0.3 is 0 Å². The van der Waals surface area contributed by atoms with Crippen LogP contribution in [0.15, 0.2) is 28.8 Å². The standard InChI is InChI=1S/C16H21N3O2/c1-3-12-4-6-13(7-5-12)14-18-15(21-19-14)16(11-20-2)8-9-17-10-16/h4-7,17H,3,8-11H2,1-2H3. The molecule has 2 heterocycles. The van der Waals surface area contributed by atoms with Crippen molar-refractivity contribution in [3.05, 3.63) is 35.7 Å². The Bertz CT molecular complexity index is 586. The third kappa shape index (κ3) is 2.71. The molecule has 2 aromatic rings. The molecule has 1 aliphatic rings. The van der Waals surface area contributed by atoms with Crippen molar-refractivity contribution in [2.45, 2.75) is 25.2 Å². The first-order chi connectivity index (χ1) is 10.3. The molecule has 0 amide bonds. The van der Waals surface area contributed by atoms with Crippen LogP contribution in [0, 0.1) is 0 Å². The molecule has 1 aliphatic heterocycles. The highest BCUT2D eigenvalue weighted by molar-refractivity contribution is 5.54. The summed E-state index contributed by atoms with van der Waals surface area (Å²) in [6.07, 6.45) is 1.98. The predicted molar refractivity (Wildman–Crippen MR) is 80.2 cm³/mol. The van der Waals surface area contributed by atoms with Gasteiger partial charge in [-0.1, -0.05) is 36.3 Å². The van der Waals surface area contributed by atoms with Gasteiger partial charge in [0.25, 0.3) is 0 Å². The van der Waals surface area contributed by atoms with Crippen molar-refractivity contribution in [2.75, 3.05) is 26.8 Å². The van der Waals surface area contributed by atoms with Crippen molar-refractivity contribution in [2.24, 2.45) is 0 Å². The van der Waals surface area contributed by atoms with Crippen LogP contribution < -0.4 is 5.32 Å². The maximum absolute atomic E-state index is 5.53. The first-order valence-electron chi connectivity index (χ1n) is 7.40. The van der Waals surface area contributed by atoms with Gasteiger partial charge in [-0.25, -0.2) is 0 Å². The zero-order valence-corrected chi connectivity index (χ0v) is 12.6. The normalized spacial score (nSPS) is 21.8. The maximum Gasteiger partial charge on any atom is 0.236 e. The molecule has 1 N–H and O–H groups in total. The van der Waals surface area contributed by atoms with Crippen molar-refractivity contribution in [3.8, 4) is 11.4 Å². The largest absolute Gasteiger partial charge is 0.384 e. The number of aryl methyl sites for hydroxylation is 1. The van der Waals surface area contributed by atoms with E-state index < -0.39 is 0 Å². The minimum atomic E-state index is -0.191. The van der Waals surface area contributed by atoms with Crippen LogP contribution in [0.5, 0.6) is 0 Å². The van der Waals surface area contributed by atoms with Crippen LogP contribution in [0.2, 0.25) is 0 Å². The first-order valence-corrected chi connectivity index (χ1v) is 7.40. The topological polar surface area (TPSA) is 60.2 Å². The molecule has 0 saturated carbocycles. The summed E-state index contributed by atoms with van der Waals surface area (Å²) in [5.41, 5.74) is 2.10. The zero-order valence-electron chi connectivity index (χ0n) is 12.6. The van der Waals surface area contributed by atoms with E-state index in [4.69, 9.17) is 9.26 Å². The number of methoxy groups -OCH3 is 1. The van der Waals surface area contributed by atoms with Crippen LogP contribution in [0.1, 0.15) is 24.8 Å². The molecule has 0 spiro atoms. The van der Waals surface area contributed by atoms with E-state index in [9.17, 15) is 0 Å². The molecule has 3 rings (SSSR count). The quantitative estimate of drug-likeness (QED) is 0.913. The third-order valence-corrected chi connectivity index (χ3v) is 4.16. The second-order valence-corrected chi connectivity index (χ2v) is 5.61. The van der Waals surface area contributed by atoms with Gasteiger partial charge in [0.15, 0.2) is 0 Å². The fourth-order valence-electron chi connectivity index (χ4n) is 2.83. The lowest BCUT2D eigenvalue weighted by Crippen LogP contribution is -2.34. The SMILES string of the molecule is CCc1ccc(-c2noc(C3(COC)CCNC3)n2)cc1. The first kappa shape index (κ1) is 14.2. The highest BCUT2D eigenvalue weighted by atomic mass is 16.5. The molecular formula is C16H21N3O2. The molecule has 1 saturated heterocycles. The Balaban J connectivity index is 1.87. The van der Waals surface area contributed by atoms with Crippen LogP contribution in [0.4, 0.5) is 0 Å². The average molecular weight is 287 g/mol. The van der Waals surface area contributed by atoms with Gasteiger partial charge in [-0.05, 0) is 24.9 Å². The summed E-state index contributed by atoms with van der Waals surface area (Å²) in [5, 5.41) is 7.50. The van der Waals surface area contributed by atoms with Crippen molar-refractivity contribution >= 4 is 0 Å². The lowest BCUT2D eigenvalue weighted by atomic mass is 9.88. The number of hydrogen-bond donors (Lipinski definition) is 1. The number of nitrogens with one attached hydrogen (secondary N) is 1. The molecule has 1 fully saturated rings. The van der Waals surface area contributed by atoms with Crippen LogP contribution in [0.3, 0.4) is 0 Å². The number of ether oxygens (including phenoxy) is 1. The smallest absolute Gasteiger partial charge is 0.236 e. The van der Waals surface area contributed by atoms with Crippen molar-refractivity contribution < 1.29 is 9.26 Å². The monoisotopic (exact) mass is 287 g/mol. The minimum absolute atomic E-state index is 0.191. The fraction of sp³-hybridized carbons (Fsp3) is 0.500. The Morgan fingerprint density at radius 2 is 2.14 bits per heavy atom. The summed E-state index contributed by atoms with van der Waals surface area (Å²) in [5.74, 6) is 1.32. The molecule has 21 heavy (non-hydrogen) atoms. The summed E-state index contributed by atoms with van der Waals surface area (Å²) in [6.45, 7) is 4.50. The van der Waals surface area contributed by atoms with Crippen LogP contribution in [-0.2, 0) is 16.6 Å². The Morgan fingerprint density at radius 1 is 1.33 bits per heavy atom. The number of benzene rings is 1. The van der Waals surface area contributed by atoms with Gasteiger partial charge in [0, 0.05) is 19.2 Å². The Hall–Kier alpha value is -1.72. The van der Waals surface area contributed by atoms with Crippen LogP contribution in [0.25, 0.3) is 11.4 Å². The van der Waals surface area contributed by atoms with Crippen LogP contribution in [-0.4, -0.2) is 36.9 Å². The van der Waals surface area contributed by atoms with E-state index in [0.717, 1.165) is 31.5 Å². The van der Waals surface area contributed by atoms with E-state index >= 15 is 0 Å². The Morgan fingerprint density at radius 3 is 2.76 bits per heavy atom. The van der Waals surface area contributed by atoms with E-state index in [1.54, 1.807) is 7.11 Å². The van der Waals surface area contributed by atoms with Gasteiger partial charge < -0.3 is 14.6 Å². The van der Waals surface area contributed by atoms with Crippen molar-refractivity contribution in [3.63, 3.8) is 0 Å². The summed E-state index contributed by atoms with van der Waals surface area (Å²) < 4.78 is 10.9. The van der Waals surface area contributed by atoms with E-state index in [1.165, 1.54) is 5.56 Å². The molecule has 0 bridgehead atoms. The van der Waals surface area contributed by atoms with E-state index in [0.29, 0.717) is 18.3 Å². The number of rotatable bonds is 5. The molecule has 5 heteroatoms. The number of hydrogen-bond acceptors (Lipinski definition) is 5. The van der Waals surface area contributed by atoms with Gasteiger partial charge in [-0.3, -0.25) is 0 Å². The zero-order chi connectivity index (χ0) is 14.7. The minimum Gasteiger partial charge on any atom is -0.384 e. The molecule has 1 atom stereocenters. The van der Waals surface area contributed by atoms with Gasteiger partial charge in [-0.2, -0.15) is 4.98 Å². The summed E-state index contributed by atoms with van der Waals surface area (Å²) in [6, 6.07) is 8.30. The molecular weight excluding hydrogens is 266 g/mol. The van der Waals surface area contributed by atoms with Gasteiger partial charge in [0.1, 0.15) is 0 Å². The van der Waals surface area contributed by atoms with E-state index in [1.807, 2.05) is 12.1 Å². The molecule has 1 aromatic carbocycles. The molecule has 0 radical (unpaired) electrons. The Kier molecular flexibility index (Phi) is 4.03. The van der Waals surface area contributed by atoms with Gasteiger partial charge in [-0.15, -0.1) is 0 Å². The van der Waals surface area contributed by atoms with Crippen molar-refractivity contribution in [1.29, 1.82) is 0 Å². The second kappa shape index (κ2) is 5.95. The Labute approximate surface area is 124 Å². The molecule has 1 aromatic heterocycles. The highest BCUT2D eigenvalue weighted by Crippen LogP contribution is 2.31. The van der Waals surface area contributed by atoms with E-state index in [2.05, 4.69) is 34.5 Å². The lowest BCUT2D eigenvalue weighted by molar-refractivity contribution is 0.117. The van der Waals surface area contributed by atoms with Crippen LogP contribution >= 0.6 is 0 Å². The molecule has 112 valence electrons. The summed E-state index contributed by atoms with van der Waals surface area (Å²) in [4.78, 5) is 4.61. The highest BCUT2D eigenvalue weighted by Gasteiger charge is 2.41. The summed E-state index contributed by atoms with van der Waals surface area (Å²) >= 11 is 0. The predicted octanol–water partition coefficient (Wildman–Crippen LogP) is 2.18. The second-order valence-electron chi connectivity index (χ2n) is 5.61. The lowest BCUT2D eigenvalue weighted by Gasteiger charge is -2.22. The maximum atomic E-state index is 5.53. The molecule has 5 nitrogen and oxygen atoms in total. The number of nitrogens with zero attached hydrogens (tertiary/aromatic N) is 2. The molecule has 0 aliphatic carbocycles. The van der Waals surface area contributed by atoms with Gasteiger partial charge in [0.2, 0.25) is 11.7 Å². The third-order valence-electron chi connectivity index (χ3n) is 4.16. The number of aromatic nitrogens is 2. The average Bonchev–Trinajstić information content (AvgIpc) is 3.17. The fourth-order valence-corrected chi connectivity index (χ4v) is 2.83.